The van der Waals surface area contributed by atoms with E-state index in [4.69, 9.17) is 4.74 Å². The number of phenolic OH excluding ortho intramolecular Hbond substituents is 1. The first kappa shape index (κ1) is 20.5. The topological polar surface area (TPSA) is 83.0 Å². The molecule has 2 aromatic carbocycles. The number of fused-ring (bicyclic) bond motifs is 2. The van der Waals surface area contributed by atoms with Gasteiger partial charge in [-0.2, -0.15) is 0 Å². The van der Waals surface area contributed by atoms with Crippen LogP contribution in [-0.4, -0.2) is 58.4 Å². The molecule has 1 atom stereocenters. The predicted octanol–water partition coefficient (Wildman–Crippen LogP) is 2.81. The number of hydrogen-bond donors (Lipinski definition) is 1. The monoisotopic (exact) mass is 435 g/mol. The first-order chi connectivity index (χ1) is 15.6. The van der Waals surface area contributed by atoms with Crippen LogP contribution in [0.4, 0.5) is 4.39 Å². The Hall–Kier alpha value is -3.36. The van der Waals surface area contributed by atoms with E-state index in [-0.39, 0.29) is 17.5 Å². The average molecular weight is 435 g/mol. The van der Waals surface area contributed by atoms with Gasteiger partial charge in [-0.15, -0.1) is 0 Å². The van der Waals surface area contributed by atoms with Crippen LogP contribution in [-0.2, 0) is 22.6 Å². The maximum atomic E-state index is 13.6. The number of aromatic nitrogens is 1. The third-order valence-corrected chi connectivity index (χ3v) is 6.17. The minimum atomic E-state index is -0.738. The summed E-state index contributed by atoms with van der Waals surface area (Å²) in [6.07, 6.45) is 2.32. The summed E-state index contributed by atoms with van der Waals surface area (Å²) in [6.45, 7) is 2.57. The van der Waals surface area contributed by atoms with Crippen molar-refractivity contribution >= 4 is 23.1 Å². The molecule has 3 heterocycles. The summed E-state index contributed by atoms with van der Waals surface area (Å²) in [5.41, 5.74) is 2.66. The molecule has 1 N–H and O–H groups in total. The normalized spacial score (nSPS) is 18.7. The predicted molar refractivity (Wildman–Crippen MR) is 115 cm³/mol. The van der Waals surface area contributed by atoms with Crippen LogP contribution in [0.1, 0.15) is 33.1 Å². The molecule has 1 unspecified atom stereocenters. The Balaban J connectivity index is 1.63. The van der Waals surface area contributed by atoms with E-state index >= 15 is 0 Å². The van der Waals surface area contributed by atoms with Crippen LogP contribution < -0.4 is 0 Å². The first-order valence-electron chi connectivity index (χ1n) is 10.5. The fourth-order valence-corrected chi connectivity index (χ4v) is 4.63. The van der Waals surface area contributed by atoms with Gasteiger partial charge in [-0.3, -0.25) is 14.7 Å². The highest BCUT2D eigenvalue weighted by Crippen LogP contribution is 2.45. The van der Waals surface area contributed by atoms with E-state index in [0.29, 0.717) is 67.0 Å². The van der Waals surface area contributed by atoms with E-state index in [0.717, 1.165) is 11.8 Å². The number of rotatable bonds is 4. The highest BCUT2D eigenvalue weighted by Gasteiger charge is 2.38. The smallest absolute Gasteiger partial charge is 0.255 e. The van der Waals surface area contributed by atoms with Gasteiger partial charge < -0.3 is 19.5 Å². The number of carbonyl (C=O) groups excluding carboxylic acids is 2. The van der Waals surface area contributed by atoms with Crippen molar-refractivity contribution in [1.29, 1.82) is 0 Å². The van der Waals surface area contributed by atoms with Crippen molar-refractivity contribution in [2.75, 3.05) is 26.3 Å². The second-order valence-corrected chi connectivity index (χ2v) is 8.03. The number of morpholine rings is 1. The Labute approximate surface area is 184 Å². The van der Waals surface area contributed by atoms with Crippen LogP contribution in [0.15, 0.2) is 42.6 Å². The molecular formula is C24H22FN3O4. The van der Waals surface area contributed by atoms with Crippen LogP contribution in [0, 0.1) is 5.82 Å². The van der Waals surface area contributed by atoms with Gasteiger partial charge in [-0.1, -0.05) is 18.2 Å². The van der Waals surface area contributed by atoms with Crippen LogP contribution in [0.2, 0.25) is 0 Å². The number of phenols is 1. The number of amides is 1. The number of aromatic hydroxyl groups is 1. The molecule has 1 amide bonds. The van der Waals surface area contributed by atoms with Gasteiger partial charge in [0.1, 0.15) is 23.4 Å². The highest BCUT2D eigenvalue weighted by molar-refractivity contribution is 6.10. The number of nitrogens with zero attached hydrogens (tertiary/aromatic N) is 3. The molecule has 164 valence electrons. The number of benzene rings is 2. The van der Waals surface area contributed by atoms with Gasteiger partial charge >= 0.3 is 0 Å². The number of pyridine rings is 1. The van der Waals surface area contributed by atoms with E-state index < -0.39 is 6.04 Å². The van der Waals surface area contributed by atoms with E-state index in [2.05, 4.69) is 4.98 Å². The molecule has 0 aliphatic carbocycles. The first-order valence-corrected chi connectivity index (χ1v) is 10.5. The van der Waals surface area contributed by atoms with E-state index in [9.17, 15) is 19.1 Å². The van der Waals surface area contributed by atoms with Crippen molar-refractivity contribution in [3.05, 3.63) is 70.7 Å². The van der Waals surface area contributed by atoms with E-state index in [1.54, 1.807) is 35.4 Å². The minimum absolute atomic E-state index is 0.0761. The number of ether oxygens (including phenoxy) is 1. The summed E-state index contributed by atoms with van der Waals surface area (Å²) in [5, 5.41) is 11.6. The Bertz CT molecular complexity index is 1190. The molecule has 1 fully saturated rings. The lowest BCUT2D eigenvalue weighted by atomic mass is 9.93. The fraction of sp³-hybridized carbons (Fsp3) is 0.292. The molecule has 5 rings (SSSR count). The van der Waals surface area contributed by atoms with Gasteiger partial charge in [0.2, 0.25) is 0 Å². The van der Waals surface area contributed by atoms with Crippen LogP contribution in [0.3, 0.4) is 0 Å². The van der Waals surface area contributed by atoms with Crippen molar-refractivity contribution in [3.8, 4) is 5.75 Å². The van der Waals surface area contributed by atoms with Crippen molar-refractivity contribution in [3.63, 3.8) is 0 Å². The molecular weight excluding hydrogens is 413 g/mol. The molecule has 8 heteroatoms. The highest BCUT2D eigenvalue weighted by atomic mass is 19.1. The summed E-state index contributed by atoms with van der Waals surface area (Å²) in [5.74, 6) is -0.567. The summed E-state index contributed by atoms with van der Waals surface area (Å²) < 4.78 is 18.7. The van der Waals surface area contributed by atoms with Crippen molar-refractivity contribution < 1.29 is 23.8 Å². The lowest BCUT2D eigenvalue weighted by Crippen LogP contribution is -2.41. The molecule has 32 heavy (non-hydrogen) atoms. The lowest BCUT2D eigenvalue weighted by molar-refractivity contribution is -0.112. The van der Waals surface area contributed by atoms with Gasteiger partial charge in [0.15, 0.2) is 0 Å². The Morgan fingerprint density at radius 1 is 1.22 bits per heavy atom. The maximum absolute atomic E-state index is 13.6. The number of hydrogen-bond acceptors (Lipinski definition) is 6. The molecule has 2 aliphatic rings. The van der Waals surface area contributed by atoms with E-state index in [1.165, 1.54) is 12.1 Å². The number of carbonyl (C=O) groups is 2. The lowest BCUT2D eigenvalue weighted by Gasteiger charge is -2.28. The summed E-state index contributed by atoms with van der Waals surface area (Å²) >= 11 is 0. The number of aldehydes is 1. The van der Waals surface area contributed by atoms with Crippen LogP contribution >= 0.6 is 0 Å². The zero-order chi connectivity index (χ0) is 22.2. The second kappa shape index (κ2) is 8.29. The largest absolute Gasteiger partial charge is 0.505 e. The molecule has 0 spiro atoms. The van der Waals surface area contributed by atoms with Gasteiger partial charge in [0.05, 0.1) is 24.8 Å². The zero-order valence-corrected chi connectivity index (χ0v) is 17.3. The fourth-order valence-electron chi connectivity index (χ4n) is 4.63. The number of halogens is 1. The summed E-state index contributed by atoms with van der Waals surface area (Å²) in [7, 11) is 0. The van der Waals surface area contributed by atoms with Crippen molar-refractivity contribution in [2.45, 2.75) is 19.1 Å². The Kier molecular flexibility index (Phi) is 5.32. The Morgan fingerprint density at radius 3 is 2.69 bits per heavy atom. The quantitative estimate of drug-likeness (QED) is 0.635. The van der Waals surface area contributed by atoms with Crippen molar-refractivity contribution in [1.82, 2.24) is 14.8 Å². The summed E-state index contributed by atoms with van der Waals surface area (Å²) in [4.78, 5) is 33.7. The van der Waals surface area contributed by atoms with Gasteiger partial charge in [-0.25, -0.2) is 4.39 Å². The van der Waals surface area contributed by atoms with Gasteiger partial charge in [0, 0.05) is 43.3 Å². The SMILES string of the molecule is O=CC1c2c(c(C(=O)N3CCOCC3)c3cccnc3c2O)CN1Cc1ccc(F)cc1. The minimum Gasteiger partial charge on any atom is -0.505 e. The summed E-state index contributed by atoms with van der Waals surface area (Å²) in [6, 6.07) is 8.84. The molecule has 0 bridgehead atoms. The van der Waals surface area contributed by atoms with Crippen LogP contribution in [0.5, 0.6) is 5.75 Å². The van der Waals surface area contributed by atoms with Gasteiger partial charge in [-0.05, 0) is 29.3 Å². The molecule has 0 radical (unpaired) electrons. The molecule has 0 saturated carbocycles. The third kappa shape index (κ3) is 3.41. The molecule has 7 nitrogen and oxygen atoms in total. The maximum Gasteiger partial charge on any atom is 0.255 e. The average Bonchev–Trinajstić information content (AvgIpc) is 3.19. The van der Waals surface area contributed by atoms with Crippen molar-refractivity contribution in [2.24, 2.45) is 0 Å². The second-order valence-electron chi connectivity index (χ2n) is 8.03. The van der Waals surface area contributed by atoms with Gasteiger partial charge in [0.25, 0.3) is 5.91 Å². The molecule has 1 saturated heterocycles. The molecule has 1 aromatic heterocycles. The standard InChI is InChI=1S/C24H22FN3O4/c25-16-5-3-15(4-6-16)12-28-13-18-20(24(31)27-8-10-32-11-9-27)17-2-1-7-26-22(17)23(30)21(18)19(28)14-29/h1-7,14,19,30H,8-13H2. The van der Waals surface area contributed by atoms with Crippen LogP contribution in [0.25, 0.3) is 10.9 Å². The third-order valence-electron chi connectivity index (χ3n) is 6.17. The van der Waals surface area contributed by atoms with E-state index in [1.807, 2.05) is 4.90 Å². The zero-order valence-electron chi connectivity index (χ0n) is 17.3. The molecule has 3 aromatic rings. The Morgan fingerprint density at radius 2 is 1.97 bits per heavy atom. The molecule has 2 aliphatic heterocycles.